The van der Waals surface area contributed by atoms with Crippen molar-refractivity contribution in [3.8, 4) is 5.75 Å². The molecule has 2 heterocycles. The molecule has 0 bridgehead atoms. The van der Waals surface area contributed by atoms with Gasteiger partial charge in [-0.3, -0.25) is 4.79 Å². The van der Waals surface area contributed by atoms with Crippen LogP contribution in [0, 0.1) is 0 Å². The zero-order valence-corrected chi connectivity index (χ0v) is 11.6. The van der Waals surface area contributed by atoms with Gasteiger partial charge in [-0.05, 0) is 24.3 Å². The van der Waals surface area contributed by atoms with Crippen molar-refractivity contribution < 1.29 is 9.53 Å². The zero-order chi connectivity index (χ0) is 13.1. The van der Waals surface area contributed by atoms with E-state index in [-0.39, 0.29) is 5.91 Å². The fraction of sp³-hybridized carbons (Fsp3) is 0.500. The van der Waals surface area contributed by atoms with Crippen LogP contribution in [0.15, 0.2) is 24.3 Å². The monoisotopic (exact) mass is 278 g/mol. The van der Waals surface area contributed by atoms with Crippen LogP contribution in [0.3, 0.4) is 0 Å². The third kappa shape index (κ3) is 2.81. The van der Waals surface area contributed by atoms with Gasteiger partial charge in [0.1, 0.15) is 5.75 Å². The molecular formula is C14H18N2O2S. The number of anilines is 1. The number of amides is 1. The minimum absolute atomic E-state index is 0.115. The minimum atomic E-state index is -0.391. The molecule has 0 aliphatic carbocycles. The van der Waals surface area contributed by atoms with Gasteiger partial charge in [-0.25, -0.2) is 0 Å². The molecule has 5 heteroatoms. The number of para-hydroxylation sites is 2. The zero-order valence-electron chi connectivity index (χ0n) is 10.8. The molecule has 1 atom stereocenters. The molecular weight excluding hydrogens is 260 g/mol. The number of fused-ring (bicyclic) bond motifs is 1. The maximum atomic E-state index is 12.5. The summed E-state index contributed by atoms with van der Waals surface area (Å²) in [6.07, 6.45) is 0.686. The van der Waals surface area contributed by atoms with Gasteiger partial charge in [-0.2, -0.15) is 11.8 Å². The van der Waals surface area contributed by atoms with Crippen molar-refractivity contribution >= 4 is 23.4 Å². The molecule has 19 heavy (non-hydrogen) atoms. The van der Waals surface area contributed by atoms with E-state index in [1.807, 2.05) is 40.9 Å². The maximum absolute atomic E-state index is 12.5. The number of benzene rings is 1. The number of nitrogens with zero attached hydrogens (tertiary/aromatic N) is 1. The SMILES string of the molecule is O=C(C1CNc2ccccc2O1)N1CCCSCC1. The molecule has 0 saturated carbocycles. The van der Waals surface area contributed by atoms with Gasteiger partial charge in [-0.15, -0.1) is 0 Å². The third-order valence-corrected chi connectivity index (χ3v) is 4.49. The Labute approximate surface area is 117 Å². The Morgan fingerprint density at radius 3 is 3.16 bits per heavy atom. The quantitative estimate of drug-likeness (QED) is 0.851. The van der Waals surface area contributed by atoms with Crippen LogP contribution in [0.4, 0.5) is 5.69 Å². The number of carbonyl (C=O) groups excluding carboxylic acids is 1. The predicted octanol–water partition coefficient (Wildman–Crippen LogP) is 1.82. The van der Waals surface area contributed by atoms with Gasteiger partial charge >= 0.3 is 0 Å². The van der Waals surface area contributed by atoms with E-state index in [9.17, 15) is 4.79 Å². The largest absolute Gasteiger partial charge is 0.477 e. The Hall–Kier alpha value is -1.36. The van der Waals surface area contributed by atoms with Crippen LogP contribution in [0.1, 0.15) is 6.42 Å². The first kappa shape index (κ1) is 12.7. The molecule has 0 spiro atoms. The summed E-state index contributed by atoms with van der Waals surface area (Å²) in [6, 6.07) is 7.76. The van der Waals surface area contributed by atoms with Gasteiger partial charge < -0.3 is 15.0 Å². The van der Waals surface area contributed by atoms with E-state index in [0.717, 1.165) is 42.5 Å². The maximum Gasteiger partial charge on any atom is 0.265 e. The molecule has 0 radical (unpaired) electrons. The van der Waals surface area contributed by atoms with E-state index >= 15 is 0 Å². The van der Waals surface area contributed by atoms with E-state index in [1.165, 1.54) is 0 Å². The Morgan fingerprint density at radius 2 is 2.21 bits per heavy atom. The highest BCUT2D eigenvalue weighted by Gasteiger charge is 2.29. The number of rotatable bonds is 1. The Balaban J connectivity index is 1.68. The molecule has 1 amide bonds. The lowest BCUT2D eigenvalue weighted by Crippen LogP contribution is -2.47. The standard InChI is InChI=1S/C14H18N2O2S/c17-14(16-6-3-8-19-9-7-16)13-10-15-11-4-1-2-5-12(11)18-13/h1-2,4-5,13,15H,3,6-10H2. The van der Waals surface area contributed by atoms with Crippen molar-refractivity contribution in [3.05, 3.63) is 24.3 Å². The molecule has 0 aromatic heterocycles. The lowest BCUT2D eigenvalue weighted by molar-refractivity contribution is -0.138. The molecule has 1 fully saturated rings. The molecule has 1 aromatic rings. The lowest BCUT2D eigenvalue weighted by atomic mass is 10.2. The van der Waals surface area contributed by atoms with Crippen LogP contribution in [0.5, 0.6) is 5.75 Å². The van der Waals surface area contributed by atoms with Crippen molar-refractivity contribution in [2.45, 2.75) is 12.5 Å². The first-order valence-electron chi connectivity index (χ1n) is 6.71. The molecule has 2 aliphatic heterocycles. The topological polar surface area (TPSA) is 41.6 Å². The number of thioether (sulfide) groups is 1. The van der Waals surface area contributed by atoms with Crippen LogP contribution >= 0.6 is 11.8 Å². The van der Waals surface area contributed by atoms with Crippen LogP contribution < -0.4 is 10.1 Å². The molecule has 4 nitrogen and oxygen atoms in total. The lowest BCUT2D eigenvalue weighted by Gasteiger charge is -2.30. The summed E-state index contributed by atoms with van der Waals surface area (Å²) in [5.41, 5.74) is 0.970. The molecule has 1 N–H and O–H groups in total. The van der Waals surface area contributed by atoms with Crippen molar-refractivity contribution in [1.29, 1.82) is 0 Å². The van der Waals surface area contributed by atoms with Gasteiger partial charge in [0.2, 0.25) is 0 Å². The average Bonchev–Trinajstić information content (AvgIpc) is 2.75. The highest BCUT2D eigenvalue weighted by atomic mass is 32.2. The van der Waals surface area contributed by atoms with Crippen molar-refractivity contribution in [2.24, 2.45) is 0 Å². The number of hydrogen-bond acceptors (Lipinski definition) is 4. The van der Waals surface area contributed by atoms with Gasteiger partial charge in [0.05, 0.1) is 12.2 Å². The molecule has 102 valence electrons. The first-order valence-corrected chi connectivity index (χ1v) is 7.86. The van der Waals surface area contributed by atoms with E-state index in [2.05, 4.69) is 5.32 Å². The van der Waals surface area contributed by atoms with Crippen LogP contribution in [0.2, 0.25) is 0 Å². The highest BCUT2D eigenvalue weighted by Crippen LogP contribution is 2.28. The second-order valence-electron chi connectivity index (χ2n) is 4.77. The van der Waals surface area contributed by atoms with Crippen molar-refractivity contribution in [3.63, 3.8) is 0 Å². The number of hydrogen-bond donors (Lipinski definition) is 1. The Kier molecular flexibility index (Phi) is 3.82. The second kappa shape index (κ2) is 5.74. The average molecular weight is 278 g/mol. The molecule has 3 rings (SSSR count). The van der Waals surface area contributed by atoms with Crippen molar-refractivity contribution in [1.82, 2.24) is 4.90 Å². The molecule has 1 unspecified atom stereocenters. The summed E-state index contributed by atoms with van der Waals surface area (Å²) in [6.45, 7) is 2.25. The first-order chi connectivity index (χ1) is 9.34. The summed E-state index contributed by atoms with van der Waals surface area (Å²) in [5.74, 6) is 3.07. The van der Waals surface area contributed by atoms with E-state index in [0.29, 0.717) is 6.54 Å². The van der Waals surface area contributed by atoms with Crippen LogP contribution in [0.25, 0.3) is 0 Å². The minimum Gasteiger partial charge on any atom is -0.477 e. The second-order valence-corrected chi connectivity index (χ2v) is 6.00. The van der Waals surface area contributed by atoms with E-state index in [1.54, 1.807) is 0 Å². The number of carbonyl (C=O) groups is 1. The normalized spacial score (nSPS) is 22.7. The van der Waals surface area contributed by atoms with Gasteiger partial charge in [0, 0.05) is 18.8 Å². The summed E-state index contributed by atoms with van der Waals surface area (Å²) < 4.78 is 5.83. The Bertz CT molecular complexity index is 459. The van der Waals surface area contributed by atoms with Gasteiger partial charge in [-0.1, -0.05) is 12.1 Å². The number of ether oxygens (including phenoxy) is 1. The fourth-order valence-electron chi connectivity index (χ4n) is 2.42. The van der Waals surface area contributed by atoms with Gasteiger partial charge in [0.25, 0.3) is 5.91 Å². The number of nitrogens with one attached hydrogen (secondary N) is 1. The van der Waals surface area contributed by atoms with Gasteiger partial charge in [0.15, 0.2) is 6.10 Å². The molecule has 1 aromatic carbocycles. The van der Waals surface area contributed by atoms with E-state index < -0.39 is 6.10 Å². The van der Waals surface area contributed by atoms with E-state index in [4.69, 9.17) is 4.74 Å². The van der Waals surface area contributed by atoms with Crippen LogP contribution in [-0.2, 0) is 4.79 Å². The fourth-order valence-corrected chi connectivity index (χ4v) is 3.31. The third-order valence-electron chi connectivity index (χ3n) is 3.44. The Morgan fingerprint density at radius 1 is 1.32 bits per heavy atom. The van der Waals surface area contributed by atoms with Crippen LogP contribution in [-0.4, -0.2) is 48.1 Å². The summed E-state index contributed by atoms with van der Waals surface area (Å²) in [5, 5.41) is 3.27. The molecule has 1 saturated heterocycles. The summed E-state index contributed by atoms with van der Waals surface area (Å²) in [7, 11) is 0. The smallest absolute Gasteiger partial charge is 0.265 e. The summed E-state index contributed by atoms with van der Waals surface area (Å²) in [4.78, 5) is 14.4. The van der Waals surface area contributed by atoms with Crippen molar-refractivity contribution in [2.75, 3.05) is 36.5 Å². The molecule has 2 aliphatic rings. The summed E-state index contributed by atoms with van der Waals surface area (Å²) >= 11 is 1.92. The highest BCUT2D eigenvalue weighted by molar-refractivity contribution is 7.99. The predicted molar refractivity (Wildman–Crippen MR) is 77.9 cm³/mol.